The largest absolute Gasteiger partial charge is 0.489 e. The first-order valence-corrected chi connectivity index (χ1v) is 8.13. The minimum Gasteiger partial charge on any atom is -0.489 e. The topological polar surface area (TPSA) is 75.6 Å². The zero-order valence-electron chi connectivity index (χ0n) is 14.7. The van der Waals surface area contributed by atoms with E-state index in [1.165, 1.54) is 6.92 Å². The molecule has 0 aromatic heterocycles. The Labute approximate surface area is 147 Å². The van der Waals surface area contributed by atoms with Crippen LogP contribution in [0.2, 0.25) is 0 Å². The van der Waals surface area contributed by atoms with Crippen LogP contribution in [0.15, 0.2) is 42.5 Å². The molecule has 0 unspecified atom stereocenters. The van der Waals surface area contributed by atoms with Crippen LogP contribution in [-0.2, 0) is 22.6 Å². The quantitative estimate of drug-likeness (QED) is 0.812. The summed E-state index contributed by atoms with van der Waals surface area (Å²) in [7, 11) is 0. The molecule has 0 radical (unpaired) electrons. The molecule has 2 aromatic rings. The summed E-state index contributed by atoms with van der Waals surface area (Å²) < 4.78 is 5.84. The van der Waals surface area contributed by atoms with Gasteiger partial charge >= 0.3 is 5.97 Å². The summed E-state index contributed by atoms with van der Waals surface area (Å²) in [6, 6.07) is 12.7. The average Bonchev–Trinajstić information content (AvgIpc) is 2.55. The normalized spacial score (nSPS) is 11.6. The maximum Gasteiger partial charge on any atom is 0.326 e. The lowest BCUT2D eigenvalue weighted by molar-refractivity contribution is -0.141. The second kappa shape index (κ2) is 8.33. The van der Waals surface area contributed by atoms with Crippen LogP contribution in [0.4, 0.5) is 0 Å². The summed E-state index contributed by atoms with van der Waals surface area (Å²) in [4.78, 5) is 22.5. The zero-order chi connectivity index (χ0) is 18.4. The molecule has 0 saturated heterocycles. The van der Waals surface area contributed by atoms with Crippen LogP contribution in [-0.4, -0.2) is 23.0 Å². The summed E-state index contributed by atoms with van der Waals surface area (Å²) in [6.45, 7) is 5.63. The van der Waals surface area contributed by atoms with E-state index in [4.69, 9.17) is 4.74 Å². The van der Waals surface area contributed by atoms with Crippen molar-refractivity contribution in [3.05, 3.63) is 64.7 Å². The first kappa shape index (κ1) is 18.5. The average molecular weight is 341 g/mol. The van der Waals surface area contributed by atoms with Gasteiger partial charge in [0.05, 0.1) is 0 Å². The molecule has 0 bridgehead atoms. The predicted octanol–water partition coefficient (Wildman–Crippen LogP) is 3.01. The number of ether oxygens (including phenoxy) is 1. The number of benzene rings is 2. The van der Waals surface area contributed by atoms with Gasteiger partial charge in [-0.25, -0.2) is 4.79 Å². The highest BCUT2D eigenvalue weighted by Gasteiger charge is 2.21. The van der Waals surface area contributed by atoms with Gasteiger partial charge in [0.25, 0.3) is 0 Å². The van der Waals surface area contributed by atoms with Gasteiger partial charge in [0, 0.05) is 13.3 Å². The van der Waals surface area contributed by atoms with Crippen LogP contribution in [0, 0.1) is 13.8 Å². The second-order valence-corrected chi connectivity index (χ2v) is 6.11. The molecule has 5 nitrogen and oxygen atoms in total. The molecular formula is C20H23NO4. The number of hydrogen-bond donors (Lipinski definition) is 2. The molecule has 0 aliphatic rings. The minimum atomic E-state index is -1.04. The van der Waals surface area contributed by atoms with Gasteiger partial charge < -0.3 is 15.2 Å². The number of carbonyl (C=O) groups is 2. The molecule has 1 amide bonds. The van der Waals surface area contributed by atoms with Gasteiger partial charge in [0.2, 0.25) is 5.91 Å². The highest BCUT2D eigenvalue weighted by atomic mass is 16.5. The SMILES string of the molecule is CC(=O)N[C@H](Cc1c(C)cc(OCc2ccccc2)cc1C)C(=O)O. The van der Waals surface area contributed by atoms with Crippen molar-refractivity contribution >= 4 is 11.9 Å². The Kier molecular flexibility index (Phi) is 6.17. The molecule has 0 aliphatic heterocycles. The molecule has 25 heavy (non-hydrogen) atoms. The fourth-order valence-electron chi connectivity index (χ4n) is 2.75. The number of aryl methyl sites for hydroxylation is 2. The van der Waals surface area contributed by atoms with Gasteiger partial charge in [-0.2, -0.15) is 0 Å². The van der Waals surface area contributed by atoms with Crippen molar-refractivity contribution in [2.75, 3.05) is 0 Å². The molecule has 132 valence electrons. The zero-order valence-corrected chi connectivity index (χ0v) is 14.7. The van der Waals surface area contributed by atoms with Crippen LogP contribution in [0.5, 0.6) is 5.75 Å². The van der Waals surface area contributed by atoms with E-state index in [1.807, 2.05) is 56.3 Å². The number of amides is 1. The van der Waals surface area contributed by atoms with Crippen molar-refractivity contribution in [2.24, 2.45) is 0 Å². The van der Waals surface area contributed by atoms with Gasteiger partial charge in [-0.1, -0.05) is 30.3 Å². The molecule has 0 fully saturated rings. The molecule has 0 heterocycles. The maximum absolute atomic E-state index is 11.3. The van der Waals surface area contributed by atoms with Gasteiger partial charge in [-0.3, -0.25) is 4.79 Å². The van der Waals surface area contributed by atoms with E-state index in [0.717, 1.165) is 28.0 Å². The Morgan fingerprint density at radius 1 is 1.12 bits per heavy atom. The van der Waals surface area contributed by atoms with E-state index in [-0.39, 0.29) is 12.3 Å². The number of nitrogens with one attached hydrogen (secondary N) is 1. The smallest absolute Gasteiger partial charge is 0.326 e. The highest BCUT2D eigenvalue weighted by Crippen LogP contribution is 2.24. The molecule has 2 rings (SSSR count). The second-order valence-electron chi connectivity index (χ2n) is 6.11. The van der Waals surface area contributed by atoms with Gasteiger partial charge in [0.1, 0.15) is 18.4 Å². The monoisotopic (exact) mass is 341 g/mol. The summed E-state index contributed by atoms with van der Waals surface area (Å²) in [5.41, 5.74) is 3.88. The Balaban J connectivity index is 2.13. The van der Waals surface area contributed by atoms with E-state index in [2.05, 4.69) is 5.32 Å². The van der Waals surface area contributed by atoms with Gasteiger partial charge in [0.15, 0.2) is 0 Å². The number of carboxylic acid groups (broad SMARTS) is 1. The van der Waals surface area contributed by atoms with Crippen LogP contribution in [0.1, 0.15) is 29.2 Å². The summed E-state index contributed by atoms with van der Waals surface area (Å²) in [5.74, 6) is -0.655. The standard InChI is InChI=1S/C20H23NO4/c1-13-9-17(25-12-16-7-5-4-6-8-16)10-14(2)18(13)11-19(20(23)24)21-15(3)22/h4-10,19H,11-12H2,1-3H3,(H,21,22)(H,23,24)/t19-/m1/s1. The van der Waals surface area contributed by atoms with E-state index in [1.54, 1.807) is 0 Å². The lowest BCUT2D eigenvalue weighted by atomic mass is 9.96. The third-order valence-electron chi connectivity index (χ3n) is 4.00. The molecule has 2 N–H and O–H groups in total. The fourth-order valence-corrected chi connectivity index (χ4v) is 2.75. The first-order chi connectivity index (χ1) is 11.9. The highest BCUT2D eigenvalue weighted by molar-refractivity contribution is 5.82. The lowest BCUT2D eigenvalue weighted by Gasteiger charge is -2.18. The summed E-state index contributed by atoms with van der Waals surface area (Å²) in [6.07, 6.45) is 0.242. The van der Waals surface area contributed by atoms with E-state index >= 15 is 0 Å². The molecular weight excluding hydrogens is 318 g/mol. The van der Waals surface area contributed by atoms with Gasteiger partial charge in [-0.15, -0.1) is 0 Å². The van der Waals surface area contributed by atoms with Gasteiger partial charge in [-0.05, 0) is 48.2 Å². The van der Waals surface area contributed by atoms with Crippen molar-refractivity contribution in [3.8, 4) is 5.75 Å². The Bertz CT molecular complexity index is 733. The van der Waals surface area contributed by atoms with Crippen molar-refractivity contribution in [2.45, 2.75) is 39.8 Å². The lowest BCUT2D eigenvalue weighted by Crippen LogP contribution is -2.41. The minimum absolute atomic E-state index is 0.242. The van der Waals surface area contributed by atoms with Crippen LogP contribution in [0.3, 0.4) is 0 Å². The molecule has 2 aromatic carbocycles. The molecule has 0 saturated carbocycles. The Hall–Kier alpha value is -2.82. The molecule has 1 atom stereocenters. The molecule has 0 spiro atoms. The summed E-state index contributed by atoms with van der Waals surface area (Å²) in [5, 5.41) is 11.8. The number of carboxylic acids is 1. The third kappa shape index (κ3) is 5.35. The van der Waals surface area contributed by atoms with E-state index < -0.39 is 12.0 Å². The Morgan fingerprint density at radius 2 is 1.72 bits per heavy atom. The van der Waals surface area contributed by atoms with Crippen LogP contribution < -0.4 is 10.1 Å². The molecule has 0 aliphatic carbocycles. The van der Waals surface area contributed by atoms with Crippen molar-refractivity contribution in [1.29, 1.82) is 0 Å². The van der Waals surface area contributed by atoms with E-state index in [0.29, 0.717) is 6.61 Å². The number of carbonyl (C=O) groups excluding carboxylic acids is 1. The van der Waals surface area contributed by atoms with Crippen molar-refractivity contribution in [3.63, 3.8) is 0 Å². The van der Waals surface area contributed by atoms with Crippen molar-refractivity contribution in [1.82, 2.24) is 5.32 Å². The maximum atomic E-state index is 11.3. The van der Waals surface area contributed by atoms with Crippen LogP contribution >= 0.6 is 0 Å². The van der Waals surface area contributed by atoms with Crippen LogP contribution in [0.25, 0.3) is 0 Å². The fraction of sp³-hybridized carbons (Fsp3) is 0.300. The number of aliphatic carboxylic acids is 1. The first-order valence-electron chi connectivity index (χ1n) is 8.13. The van der Waals surface area contributed by atoms with Crippen molar-refractivity contribution < 1.29 is 19.4 Å². The van der Waals surface area contributed by atoms with E-state index in [9.17, 15) is 14.7 Å². The third-order valence-corrected chi connectivity index (χ3v) is 4.00. The Morgan fingerprint density at radius 3 is 2.24 bits per heavy atom. The number of hydrogen-bond acceptors (Lipinski definition) is 3. The number of rotatable bonds is 7. The predicted molar refractivity (Wildman–Crippen MR) is 95.6 cm³/mol. The molecule has 5 heteroatoms. The summed E-state index contributed by atoms with van der Waals surface area (Å²) >= 11 is 0.